The second-order valence-electron chi connectivity index (χ2n) is 4.65. The van der Waals surface area contributed by atoms with Crippen LogP contribution >= 0.6 is 15.9 Å². The van der Waals surface area contributed by atoms with Gasteiger partial charge in [-0.15, -0.1) is 0 Å². The minimum absolute atomic E-state index is 0.0664. The molecule has 3 heteroatoms. The van der Waals surface area contributed by atoms with Crippen molar-refractivity contribution >= 4 is 15.9 Å². The van der Waals surface area contributed by atoms with Crippen LogP contribution in [0.25, 0.3) is 0 Å². The van der Waals surface area contributed by atoms with Gasteiger partial charge in [-0.05, 0) is 57.6 Å². The third-order valence-electron chi connectivity index (χ3n) is 3.26. The first kappa shape index (κ1) is 14.2. The van der Waals surface area contributed by atoms with Gasteiger partial charge in [-0.2, -0.15) is 0 Å². The van der Waals surface area contributed by atoms with Crippen molar-refractivity contribution < 1.29 is 4.39 Å². The van der Waals surface area contributed by atoms with Crippen LogP contribution in [-0.4, -0.2) is 0 Å². The minimum Gasteiger partial charge on any atom is -0.324 e. The molecule has 2 aromatic carbocycles. The lowest BCUT2D eigenvalue weighted by molar-refractivity contribution is 0.618. The second-order valence-corrected chi connectivity index (χ2v) is 5.51. The molecule has 100 valence electrons. The zero-order valence-corrected chi connectivity index (χ0v) is 12.5. The normalized spacial score (nSPS) is 12.4. The van der Waals surface area contributed by atoms with Crippen molar-refractivity contribution in [3.05, 3.63) is 69.4 Å². The van der Waals surface area contributed by atoms with Crippen molar-refractivity contribution in [2.24, 2.45) is 5.73 Å². The number of hydrogen-bond acceptors (Lipinski definition) is 1. The van der Waals surface area contributed by atoms with Crippen molar-refractivity contribution in [3.8, 4) is 0 Å². The molecule has 1 atom stereocenters. The van der Waals surface area contributed by atoms with E-state index in [4.69, 9.17) is 5.73 Å². The molecule has 0 saturated carbocycles. The van der Waals surface area contributed by atoms with E-state index in [1.165, 1.54) is 11.6 Å². The van der Waals surface area contributed by atoms with E-state index < -0.39 is 0 Å². The van der Waals surface area contributed by atoms with E-state index in [1.807, 2.05) is 0 Å². The van der Waals surface area contributed by atoms with E-state index in [0.29, 0.717) is 10.9 Å². The first-order valence-corrected chi connectivity index (χ1v) is 7.17. The Bertz CT molecular complexity index is 551. The highest BCUT2D eigenvalue weighted by Crippen LogP contribution is 2.21. The molecule has 0 aromatic heterocycles. The van der Waals surface area contributed by atoms with Crippen molar-refractivity contribution in [2.75, 3.05) is 0 Å². The Balaban J connectivity index is 2.10. The summed E-state index contributed by atoms with van der Waals surface area (Å²) in [7, 11) is 0. The zero-order valence-electron chi connectivity index (χ0n) is 10.9. The van der Waals surface area contributed by atoms with E-state index in [9.17, 15) is 4.39 Å². The first-order valence-electron chi connectivity index (χ1n) is 6.38. The Hall–Kier alpha value is -1.19. The summed E-state index contributed by atoms with van der Waals surface area (Å²) in [5.74, 6) is -0.246. The maximum absolute atomic E-state index is 13.2. The number of aryl methyl sites for hydroxylation is 1. The van der Waals surface area contributed by atoms with Crippen molar-refractivity contribution in [1.29, 1.82) is 0 Å². The quantitative estimate of drug-likeness (QED) is 0.887. The molecule has 1 nitrogen and oxygen atoms in total. The molecule has 2 aromatic rings. The predicted molar refractivity (Wildman–Crippen MR) is 80.6 cm³/mol. The molecule has 2 N–H and O–H groups in total. The molecule has 0 amide bonds. The van der Waals surface area contributed by atoms with E-state index in [0.717, 1.165) is 17.5 Å². The molecule has 1 unspecified atom stereocenters. The fourth-order valence-electron chi connectivity index (χ4n) is 2.04. The summed E-state index contributed by atoms with van der Waals surface area (Å²) in [5, 5.41) is 0. The van der Waals surface area contributed by atoms with Gasteiger partial charge in [-0.3, -0.25) is 0 Å². The van der Waals surface area contributed by atoms with Gasteiger partial charge in [0.2, 0.25) is 0 Å². The van der Waals surface area contributed by atoms with Crippen LogP contribution in [0.4, 0.5) is 4.39 Å². The average molecular weight is 322 g/mol. The Labute approximate surface area is 121 Å². The number of rotatable bonds is 4. The van der Waals surface area contributed by atoms with Gasteiger partial charge in [0, 0.05) is 6.04 Å². The van der Waals surface area contributed by atoms with Gasteiger partial charge in [-0.25, -0.2) is 4.39 Å². The molecule has 0 radical (unpaired) electrons. The van der Waals surface area contributed by atoms with E-state index in [1.54, 1.807) is 12.1 Å². The summed E-state index contributed by atoms with van der Waals surface area (Å²) >= 11 is 3.20. The Morgan fingerprint density at radius 3 is 2.32 bits per heavy atom. The number of nitrogens with two attached hydrogens (primary N) is 1. The summed E-state index contributed by atoms with van der Waals surface area (Å²) in [5.41, 5.74) is 9.64. The van der Waals surface area contributed by atoms with Gasteiger partial charge in [0.05, 0.1) is 4.47 Å². The van der Waals surface area contributed by atoms with Crippen LogP contribution in [0.15, 0.2) is 46.9 Å². The molecule has 0 bridgehead atoms. The Kier molecular flexibility index (Phi) is 4.72. The first-order chi connectivity index (χ1) is 9.10. The van der Waals surface area contributed by atoms with Gasteiger partial charge in [0.1, 0.15) is 5.82 Å². The highest BCUT2D eigenvalue weighted by molar-refractivity contribution is 9.10. The molecule has 0 aliphatic heterocycles. The van der Waals surface area contributed by atoms with E-state index in [2.05, 4.69) is 47.1 Å². The fraction of sp³-hybridized carbons (Fsp3) is 0.250. The van der Waals surface area contributed by atoms with Crippen LogP contribution in [-0.2, 0) is 12.8 Å². The van der Waals surface area contributed by atoms with Crippen LogP contribution in [0.1, 0.15) is 29.7 Å². The topological polar surface area (TPSA) is 26.0 Å². The molecule has 0 heterocycles. The largest absolute Gasteiger partial charge is 0.324 e. The third-order valence-corrected chi connectivity index (χ3v) is 3.86. The summed E-state index contributed by atoms with van der Waals surface area (Å²) in [4.78, 5) is 0. The molecule has 0 saturated heterocycles. The minimum atomic E-state index is -0.246. The monoisotopic (exact) mass is 321 g/mol. The predicted octanol–water partition coefficient (Wildman–Crippen LogP) is 4.39. The maximum atomic E-state index is 13.2. The van der Waals surface area contributed by atoms with Crippen LogP contribution in [0, 0.1) is 5.82 Å². The molecular formula is C16H17BrFN. The average Bonchev–Trinajstić information content (AvgIpc) is 2.43. The van der Waals surface area contributed by atoms with Gasteiger partial charge in [0.15, 0.2) is 0 Å². The van der Waals surface area contributed by atoms with Crippen LogP contribution in [0.5, 0.6) is 0 Å². The lowest BCUT2D eigenvalue weighted by atomic mass is 9.98. The molecule has 19 heavy (non-hydrogen) atoms. The van der Waals surface area contributed by atoms with Crippen LogP contribution in [0.3, 0.4) is 0 Å². The van der Waals surface area contributed by atoms with Gasteiger partial charge < -0.3 is 5.73 Å². The van der Waals surface area contributed by atoms with Crippen LogP contribution < -0.4 is 5.73 Å². The van der Waals surface area contributed by atoms with Gasteiger partial charge in [-0.1, -0.05) is 37.3 Å². The van der Waals surface area contributed by atoms with Crippen LogP contribution in [0.2, 0.25) is 0 Å². The second kappa shape index (κ2) is 6.31. The summed E-state index contributed by atoms with van der Waals surface area (Å²) in [6.45, 7) is 2.13. The summed E-state index contributed by atoms with van der Waals surface area (Å²) in [6.07, 6.45) is 1.73. The highest BCUT2D eigenvalue weighted by Gasteiger charge is 2.08. The van der Waals surface area contributed by atoms with Crippen molar-refractivity contribution in [3.63, 3.8) is 0 Å². The SMILES string of the molecule is CCc1ccc(C(N)Cc2ccc(F)c(Br)c2)cc1. The molecule has 0 aliphatic carbocycles. The van der Waals surface area contributed by atoms with E-state index in [-0.39, 0.29) is 11.9 Å². The number of benzene rings is 2. The van der Waals surface area contributed by atoms with Crippen molar-refractivity contribution in [2.45, 2.75) is 25.8 Å². The third kappa shape index (κ3) is 3.64. The van der Waals surface area contributed by atoms with Gasteiger partial charge >= 0.3 is 0 Å². The fourth-order valence-corrected chi connectivity index (χ4v) is 2.47. The molecule has 0 spiro atoms. The summed E-state index contributed by atoms with van der Waals surface area (Å²) < 4.78 is 13.6. The Morgan fingerprint density at radius 2 is 1.74 bits per heavy atom. The zero-order chi connectivity index (χ0) is 13.8. The lowest BCUT2D eigenvalue weighted by Crippen LogP contribution is -2.13. The van der Waals surface area contributed by atoms with Crippen molar-refractivity contribution in [1.82, 2.24) is 0 Å². The maximum Gasteiger partial charge on any atom is 0.137 e. The smallest absolute Gasteiger partial charge is 0.137 e. The molecule has 0 aliphatic rings. The molecule has 2 rings (SSSR count). The Morgan fingerprint density at radius 1 is 1.11 bits per heavy atom. The van der Waals surface area contributed by atoms with Gasteiger partial charge in [0.25, 0.3) is 0 Å². The highest BCUT2D eigenvalue weighted by atomic mass is 79.9. The molecule has 0 fully saturated rings. The lowest BCUT2D eigenvalue weighted by Gasteiger charge is -2.13. The number of hydrogen-bond donors (Lipinski definition) is 1. The summed E-state index contributed by atoms with van der Waals surface area (Å²) in [6, 6.07) is 13.3. The molecular weight excluding hydrogens is 305 g/mol. The number of halogens is 2. The van der Waals surface area contributed by atoms with E-state index >= 15 is 0 Å². The standard InChI is InChI=1S/C16H17BrFN/c1-2-11-3-6-13(7-4-11)16(19)10-12-5-8-15(18)14(17)9-12/h3-9,16H,2,10,19H2,1H3.